The Morgan fingerprint density at radius 1 is 0.848 bits per heavy atom. The molecule has 248 valence electrons. The van der Waals surface area contributed by atoms with Crippen molar-refractivity contribution in [3.05, 3.63) is 80.8 Å². The minimum Gasteiger partial charge on any atom is -0.436 e. The van der Waals surface area contributed by atoms with Gasteiger partial charge >= 0.3 is 11.8 Å². The highest BCUT2D eigenvalue weighted by molar-refractivity contribution is 6.42. The molecule has 3 fully saturated rings. The van der Waals surface area contributed by atoms with Crippen LogP contribution in [0.25, 0.3) is 11.3 Å². The molecule has 2 N–H and O–H groups in total. The Morgan fingerprint density at radius 3 is 2.17 bits per heavy atom. The van der Waals surface area contributed by atoms with Gasteiger partial charge in [0.2, 0.25) is 0 Å². The van der Waals surface area contributed by atoms with E-state index in [4.69, 9.17) is 27.9 Å². The summed E-state index contributed by atoms with van der Waals surface area (Å²) in [6, 6.07) is 14.9. The average molecular weight is 671 g/mol. The number of carbonyl (C=O) groups is 2. The molecule has 0 unspecified atom stereocenters. The third-order valence-corrected chi connectivity index (χ3v) is 10.5. The van der Waals surface area contributed by atoms with Crippen LogP contribution in [-0.2, 0) is 16.0 Å². The molecule has 3 saturated heterocycles. The van der Waals surface area contributed by atoms with E-state index in [1.165, 1.54) is 12.8 Å². The minimum absolute atomic E-state index is 0. The molecule has 0 bridgehead atoms. The monoisotopic (exact) mass is 669 g/mol. The maximum Gasteiger partial charge on any atom is 0.410 e. The van der Waals surface area contributed by atoms with Crippen molar-refractivity contribution in [2.24, 2.45) is 11.8 Å². The highest BCUT2D eigenvalue weighted by Crippen LogP contribution is 2.32. The van der Waals surface area contributed by atoms with E-state index in [1.807, 2.05) is 47.5 Å². The number of aromatic amines is 1. The summed E-state index contributed by atoms with van der Waals surface area (Å²) in [6.45, 7) is 4.34. The van der Waals surface area contributed by atoms with Gasteiger partial charge in [0.25, 0.3) is 5.91 Å². The van der Waals surface area contributed by atoms with Crippen molar-refractivity contribution >= 4 is 35.2 Å². The van der Waals surface area contributed by atoms with Gasteiger partial charge in [-0.1, -0.05) is 67.0 Å². The van der Waals surface area contributed by atoms with Gasteiger partial charge in [0.1, 0.15) is 0 Å². The molecule has 3 aromatic rings. The smallest absolute Gasteiger partial charge is 0.410 e. The zero-order valence-corrected chi connectivity index (χ0v) is 26.9. The number of ether oxygens (including phenoxy) is 1. The molecule has 2 amide bonds. The van der Waals surface area contributed by atoms with Crippen molar-refractivity contribution in [1.82, 2.24) is 24.7 Å². The molecule has 3 aliphatic rings. The van der Waals surface area contributed by atoms with E-state index in [9.17, 15) is 14.4 Å². The molecule has 46 heavy (non-hydrogen) atoms. The lowest BCUT2D eigenvalue weighted by atomic mass is 9.79. The Labute approximate surface area is 281 Å². The number of hydrogen-bond acceptors (Lipinski definition) is 5. The Bertz CT molecular complexity index is 1520. The fraction of sp³-hybridized carbons (Fsp3) is 0.514. The summed E-state index contributed by atoms with van der Waals surface area (Å²) in [6.07, 6.45) is 6.15. The maximum atomic E-state index is 13.9. The lowest BCUT2D eigenvalue weighted by Crippen LogP contribution is -2.49. The number of piperidine rings is 3. The van der Waals surface area contributed by atoms with Crippen LogP contribution in [-0.4, -0.2) is 76.7 Å². The zero-order chi connectivity index (χ0) is 31.3. The lowest BCUT2D eigenvalue weighted by molar-refractivity contribution is -0.142. The van der Waals surface area contributed by atoms with Crippen LogP contribution < -0.4 is 11.0 Å². The number of likely N-dealkylation sites (tertiary alicyclic amines) is 2. The fourth-order valence-corrected chi connectivity index (χ4v) is 7.46. The molecule has 4 heterocycles. The topological polar surface area (TPSA) is 99.7 Å². The number of nitrogens with zero attached hydrogens (tertiary/aromatic N) is 3. The number of hydrogen-bond donors (Lipinski definition) is 2. The van der Waals surface area contributed by atoms with Crippen LogP contribution in [0, 0.1) is 11.8 Å². The molecule has 1 aromatic heterocycles. The summed E-state index contributed by atoms with van der Waals surface area (Å²) in [7, 11) is 0. The van der Waals surface area contributed by atoms with E-state index in [1.54, 1.807) is 21.6 Å². The number of imidazole rings is 1. The summed E-state index contributed by atoms with van der Waals surface area (Å²) >= 11 is 12.4. The Morgan fingerprint density at radius 2 is 1.50 bits per heavy atom. The second kappa shape index (κ2) is 15.5. The second-order valence-corrected chi connectivity index (χ2v) is 13.4. The first kappa shape index (κ1) is 34.1. The van der Waals surface area contributed by atoms with Crippen LogP contribution >= 0.6 is 23.2 Å². The minimum atomic E-state index is -0.969. The van der Waals surface area contributed by atoms with Gasteiger partial charge in [0.15, 0.2) is 6.10 Å². The average Bonchev–Trinajstić information content (AvgIpc) is 3.48. The SMILES string of the molecule is C.O=C(O[C@H](Cc1ccc(Cl)c(Cl)c1)C(=O)N1CCC(C2CCNCC2)CC1)N1CCC(n2cc(-c3ccccc3)[nH]c2=O)CC1. The van der Waals surface area contributed by atoms with Gasteiger partial charge in [-0.15, -0.1) is 0 Å². The normalized spacial score (nSPS) is 19.0. The van der Waals surface area contributed by atoms with Gasteiger partial charge in [0.05, 0.1) is 15.7 Å². The Kier molecular flexibility index (Phi) is 11.5. The van der Waals surface area contributed by atoms with E-state index < -0.39 is 12.2 Å². The van der Waals surface area contributed by atoms with Gasteiger partial charge in [-0.3, -0.25) is 9.36 Å². The maximum absolute atomic E-state index is 13.9. The van der Waals surface area contributed by atoms with E-state index in [0.29, 0.717) is 60.9 Å². The number of aromatic nitrogens is 2. The first-order valence-corrected chi connectivity index (χ1v) is 16.9. The van der Waals surface area contributed by atoms with Gasteiger partial charge in [-0.2, -0.15) is 0 Å². The predicted molar refractivity (Wildman–Crippen MR) is 182 cm³/mol. The molecular formula is C35H45Cl2N5O4. The summed E-state index contributed by atoms with van der Waals surface area (Å²) in [5.74, 6) is 1.17. The number of nitrogens with one attached hydrogen (secondary N) is 2. The molecule has 0 saturated carbocycles. The van der Waals surface area contributed by atoms with Crippen LogP contribution in [0.5, 0.6) is 0 Å². The third kappa shape index (κ3) is 7.99. The van der Waals surface area contributed by atoms with Crippen molar-refractivity contribution in [1.29, 1.82) is 0 Å². The van der Waals surface area contributed by atoms with Crippen LogP contribution in [0.1, 0.15) is 57.6 Å². The molecule has 0 aliphatic carbocycles. The van der Waals surface area contributed by atoms with Crippen molar-refractivity contribution in [2.45, 2.75) is 64.5 Å². The van der Waals surface area contributed by atoms with Crippen LogP contribution in [0.15, 0.2) is 59.5 Å². The first-order valence-electron chi connectivity index (χ1n) is 16.1. The molecule has 2 aromatic carbocycles. The molecule has 0 radical (unpaired) electrons. The molecule has 6 rings (SSSR count). The van der Waals surface area contributed by atoms with Crippen LogP contribution in [0.4, 0.5) is 4.79 Å². The summed E-state index contributed by atoms with van der Waals surface area (Å²) in [5, 5.41) is 4.27. The number of benzene rings is 2. The molecular weight excluding hydrogens is 625 g/mol. The number of H-pyrrole nitrogens is 1. The van der Waals surface area contributed by atoms with Crippen LogP contribution in [0.3, 0.4) is 0 Å². The summed E-state index contributed by atoms with van der Waals surface area (Å²) in [4.78, 5) is 46.6. The number of rotatable bonds is 7. The second-order valence-electron chi connectivity index (χ2n) is 12.5. The largest absolute Gasteiger partial charge is 0.436 e. The van der Waals surface area contributed by atoms with E-state index in [0.717, 1.165) is 42.8 Å². The van der Waals surface area contributed by atoms with Crippen molar-refractivity contribution < 1.29 is 14.3 Å². The first-order chi connectivity index (χ1) is 21.9. The number of halogens is 2. The zero-order valence-electron chi connectivity index (χ0n) is 25.4. The van der Waals surface area contributed by atoms with E-state index >= 15 is 0 Å². The molecule has 11 heteroatoms. The summed E-state index contributed by atoms with van der Waals surface area (Å²) in [5.41, 5.74) is 2.33. The van der Waals surface area contributed by atoms with Crippen molar-refractivity contribution in [3.8, 4) is 11.3 Å². The van der Waals surface area contributed by atoms with Gasteiger partial charge in [-0.25, -0.2) is 9.59 Å². The Balaban J connectivity index is 0.00000417. The van der Waals surface area contributed by atoms with Gasteiger partial charge in [-0.05, 0) is 86.7 Å². The summed E-state index contributed by atoms with van der Waals surface area (Å²) < 4.78 is 7.72. The molecule has 9 nitrogen and oxygen atoms in total. The van der Waals surface area contributed by atoms with E-state index in [2.05, 4.69) is 10.3 Å². The third-order valence-electron chi connectivity index (χ3n) is 9.77. The highest BCUT2D eigenvalue weighted by atomic mass is 35.5. The molecule has 1 atom stereocenters. The number of amides is 2. The highest BCUT2D eigenvalue weighted by Gasteiger charge is 2.35. The molecule has 3 aliphatic heterocycles. The van der Waals surface area contributed by atoms with Gasteiger partial charge in [0, 0.05) is 44.8 Å². The lowest BCUT2D eigenvalue weighted by Gasteiger charge is -2.39. The molecule has 0 spiro atoms. The predicted octanol–water partition coefficient (Wildman–Crippen LogP) is 6.41. The number of carbonyl (C=O) groups excluding carboxylic acids is 2. The Hall–Kier alpha value is -3.27. The van der Waals surface area contributed by atoms with Crippen LogP contribution in [0.2, 0.25) is 10.0 Å². The quantitative estimate of drug-likeness (QED) is 0.303. The van der Waals surface area contributed by atoms with Crippen molar-refractivity contribution in [2.75, 3.05) is 39.3 Å². The van der Waals surface area contributed by atoms with Crippen molar-refractivity contribution in [3.63, 3.8) is 0 Å². The van der Waals surface area contributed by atoms with Gasteiger partial charge < -0.3 is 24.8 Å². The fourth-order valence-electron chi connectivity index (χ4n) is 7.14. The van der Waals surface area contributed by atoms with E-state index in [-0.39, 0.29) is 31.5 Å². The standard InChI is InChI=1S/C34H41Cl2N5O4.CH4/c35-28-7-6-23(20-29(28)36)21-31(32(42)39-16-10-25(11-17-39)24-8-14-37-15-9-24)45-34(44)40-18-12-27(13-19-40)41-22-30(38-33(41)43)26-4-2-1-3-5-26;/h1-7,20,22,24-25,27,31,37H,8-19,21H2,(H,38,43);1H4/t31-;/m1./s1.